The first kappa shape index (κ1) is 12.3. The maximum absolute atomic E-state index is 12.8. The molecule has 1 aliphatic heterocycles. The Hall–Kier alpha value is -1.20. The highest BCUT2D eigenvalue weighted by molar-refractivity contribution is 5.41. The lowest BCUT2D eigenvalue weighted by molar-refractivity contribution is 0.158. The van der Waals surface area contributed by atoms with Crippen LogP contribution in [-0.2, 0) is 0 Å². The molecule has 94 valence electrons. The molecule has 1 aromatic heterocycles. The van der Waals surface area contributed by atoms with E-state index in [9.17, 15) is 4.39 Å². The van der Waals surface area contributed by atoms with E-state index in [0.717, 1.165) is 45.0 Å². The van der Waals surface area contributed by atoms with Crippen molar-refractivity contribution >= 4 is 5.69 Å². The van der Waals surface area contributed by atoms with Gasteiger partial charge in [0.05, 0.1) is 0 Å². The number of anilines is 1. The summed E-state index contributed by atoms with van der Waals surface area (Å²) < 4.78 is 12.8. The van der Waals surface area contributed by atoms with E-state index in [1.807, 2.05) is 0 Å². The zero-order valence-corrected chi connectivity index (χ0v) is 10.2. The Morgan fingerprint density at radius 2 is 2.12 bits per heavy atom. The summed E-state index contributed by atoms with van der Waals surface area (Å²) >= 11 is 0. The van der Waals surface area contributed by atoms with Crippen molar-refractivity contribution in [2.75, 3.05) is 51.6 Å². The Kier molecular flexibility index (Phi) is 4.28. The van der Waals surface area contributed by atoms with E-state index in [1.165, 1.54) is 12.3 Å². The Bertz CT molecular complexity index is 350. The summed E-state index contributed by atoms with van der Waals surface area (Å²) in [6, 6.07) is 3.21. The highest BCUT2D eigenvalue weighted by atomic mass is 19.1. The molecule has 0 aliphatic carbocycles. The van der Waals surface area contributed by atoms with Gasteiger partial charge in [-0.05, 0) is 13.1 Å². The fraction of sp³-hybridized carbons (Fsp3) is 0.583. The highest BCUT2D eigenvalue weighted by Crippen LogP contribution is 2.06. The molecule has 1 aromatic rings. The van der Waals surface area contributed by atoms with E-state index in [2.05, 4.69) is 27.1 Å². The summed E-state index contributed by atoms with van der Waals surface area (Å²) in [5, 5.41) is 3.21. The summed E-state index contributed by atoms with van der Waals surface area (Å²) in [6.07, 6.45) is 1.48. The van der Waals surface area contributed by atoms with Crippen molar-refractivity contribution in [1.29, 1.82) is 0 Å². The van der Waals surface area contributed by atoms with Crippen LogP contribution in [0.1, 0.15) is 0 Å². The topological polar surface area (TPSA) is 31.4 Å². The van der Waals surface area contributed by atoms with Gasteiger partial charge in [0.1, 0.15) is 0 Å². The van der Waals surface area contributed by atoms with Crippen molar-refractivity contribution < 1.29 is 4.39 Å². The third-order valence-electron chi connectivity index (χ3n) is 3.08. The van der Waals surface area contributed by atoms with Crippen molar-refractivity contribution in [2.24, 2.45) is 0 Å². The van der Waals surface area contributed by atoms with E-state index in [0.29, 0.717) is 0 Å². The third-order valence-corrected chi connectivity index (χ3v) is 3.08. The second kappa shape index (κ2) is 5.93. The Morgan fingerprint density at radius 1 is 1.35 bits per heavy atom. The number of halogens is 1. The van der Waals surface area contributed by atoms with Gasteiger partial charge >= 0.3 is 0 Å². The van der Waals surface area contributed by atoms with Gasteiger partial charge in [0, 0.05) is 57.2 Å². The average Bonchev–Trinajstić information content (AvgIpc) is 2.32. The van der Waals surface area contributed by atoms with Crippen LogP contribution in [0, 0.1) is 5.95 Å². The minimum atomic E-state index is -0.436. The highest BCUT2D eigenvalue weighted by Gasteiger charge is 2.12. The molecule has 0 unspecified atom stereocenters. The maximum atomic E-state index is 12.8. The van der Waals surface area contributed by atoms with Gasteiger partial charge in [-0.15, -0.1) is 0 Å². The molecule has 0 amide bonds. The van der Waals surface area contributed by atoms with Gasteiger partial charge in [-0.2, -0.15) is 4.39 Å². The summed E-state index contributed by atoms with van der Waals surface area (Å²) in [4.78, 5) is 8.28. The van der Waals surface area contributed by atoms with Gasteiger partial charge in [-0.1, -0.05) is 0 Å². The standard InChI is InChI=1S/C12H19FN4/c1-16-6-8-17(9-7-16)5-4-14-11-2-3-15-12(13)10-11/h2-3,10H,4-9H2,1H3,(H,14,15). The lowest BCUT2D eigenvalue weighted by atomic mass is 10.3. The second-order valence-electron chi connectivity index (χ2n) is 4.44. The van der Waals surface area contributed by atoms with E-state index < -0.39 is 5.95 Å². The summed E-state index contributed by atoms with van der Waals surface area (Å²) in [7, 11) is 2.15. The molecule has 1 fully saturated rings. The van der Waals surface area contributed by atoms with Crippen LogP contribution in [0.2, 0.25) is 0 Å². The number of likely N-dealkylation sites (N-methyl/N-ethyl adjacent to an activating group) is 1. The van der Waals surface area contributed by atoms with Gasteiger partial charge in [0.25, 0.3) is 0 Å². The molecule has 0 saturated carbocycles. The van der Waals surface area contributed by atoms with Crippen molar-refractivity contribution in [3.05, 3.63) is 24.3 Å². The first-order valence-electron chi connectivity index (χ1n) is 6.00. The summed E-state index contributed by atoms with van der Waals surface area (Å²) in [6.45, 7) is 6.32. The zero-order chi connectivity index (χ0) is 12.1. The van der Waals surface area contributed by atoms with E-state index >= 15 is 0 Å². The average molecular weight is 238 g/mol. The second-order valence-corrected chi connectivity index (χ2v) is 4.44. The largest absolute Gasteiger partial charge is 0.384 e. The van der Waals surface area contributed by atoms with Crippen molar-refractivity contribution in [3.8, 4) is 0 Å². The van der Waals surface area contributed by atoms with Crippen molar-refractivity contribution in [1.82, 2.24) is 14.8 Å². The number of nitrogens with zero attached hydrogens (tertiary/aromatic N) is 3. The van der Waals surface area contributed by atoms with E-state index in [-0.39, 0.29) is 0 Å². The van der Waals surface area contributed by atoms with E-state index in [1.54, 1.807) is 6.07 Å². The number of hydrogen-bond donors (Lipinski definition) is 1. The Labute approximate surface area is 101 Å². The van der Waals surface area contributed by atoms with Gasteiger partial charge in [0.15, 0.2) is 0 Å². The van der Waals surface area contributed by atoms with Gasteiger partial charge in [-0.3, -0.25) is 4.90 Å². The van der Waals surface area contributed by atoms with Crippen LogP contribution < -0.4 is 5.32 Å². The molecule has 4 nitrogen and oxygen atoms in total. The third kappa shape index (κ3) is 3.94. The molecule has 0 radical (unpaired) electrons. The van der Waals surface area contributed by atoms with Gasteiger partial charge < -0.3 is 10.2 Å². The SMILES string of the molecule is CN1CCN(CCNc2ccnc(F)c2)CC1. The van der Waals surface area contributed by atoms with Crippen molar-refractivity contribution in [3.63, 3.8) is 0 Å². The smallest absolute Gasteiger partial charge is 0.214 e. The van der Waals surface area contributed by atoms with Gasteiger partial charge in [0.2, 0.25) is 5.95 Å². The van der Waals surface area contributed by atoms with Gasteiger partial charge in [-0.25, -0.2) is 4.98 Å². The Morgan fingerprint density at radius 3 is 2.82 bits per heavy atom. The molecular formula is C12H19FN4. The lowest BCUT2D eigenvalue weighted by Gasteiger charge is -2.32. The molecule has 1 saturated heterocycles. The molecule has 0 atom stereocenters. The van der Waals surface area contributed by atoms with Crippen LogP contribution in [0.3, 0.4) is 0 Å². The maximum Gasteiger partial charge on any atom is 0.214 e. The quantitative estimate of drug-likeness (QED) is 0.789. The number of piperazine rings is 1. The lowest BCUT2D eigenvalue weighted by Crippen LogP contribution is -2.45. The molecule has 2 rings (SSSR count). The van der Waals surface area contributed by atoms with E-state index in [4.69, 9.17) is 0 Å². The summed E-state index contributed by atoms with van der Waals surface area (Å²) in [5.74, 6) is -0.436. The van der Waals surface area contributed by atoms with Crippen LogP contribution in [0.4, 0.5) is 10.1 Å². The molecular weight excluding hydrogens is 219 g/mol. The van der Waals surface area contributed by atoms with Crippen molar-refractivity contribution in [2.45, 2.75) is 0 Å². The number of nitrogens with one attached hydrogen (secondary N) is 1. The molecule has 1 N–H and O–H groups in total. The van der Waals surface area contributed by atoms with Crippen LogP contribution in [0.25, 0.3) is 0 Å². The first-order chi connectivity index (χ1) is 8.24. The number of rotatable bonds is 4. The normalized spacial score (nSPS) is 18.2. The van der Waals surface area contributed by atoms with Crippen LogP contribution in [0.5, 0.6) is 0 Å². The molecule has 1 aliphatic rings. The fourth-order valence-corrected chi connectivity index (χ4v) is 1.94. The monoisotopic (exact) mass is 238 g/mol. The molecule has 0 spiro atoms. The predicted octanol–water partition coefficient (Wildman–Crippen LogP) is 0.880. The van der Waals surface area contributed by atoms with Crippen LogP contribution in [0.15, 0.2) is 18.3 Å². The first-order valence-corrected chi connectivity index (χ1v) is 6.00. The van der Waals surface area contributed by atoms with Crippen LogP contribution >= 0.6 is 0 Å². The predicted molar refractivity (Wildman–Crippen MR) is 66.6 cm³/mol. The minimum absolute atomic E-state index is 0.436. The Balaban J connectivity index is 1.69. The van der Waals surface area contributed by atoms with Crippen LogP contribution in [-0.4, -0.2) is 61.1 Å². The molecule has 5 heteroatoms. The number of pyridine rings is 1. The molecule has 0 bridgehead atoms. The zero-order valence-electron chi connectivity index (χ0n) is 10.2. The molecule has 17 heavy (non-hydrogen) atoms. The number of hydrogen-bond acceptors (Lipinski definition) is 4. The molecule has 2 heterocycles. The molecule has 0 aromatic carbocycles. The minimum Gasteiger partial charge on any atom is -0.384 e. The number of aromatic nitrogens is 1. The fourth-order valence-electron chi connectivity index (χ4n) is 1.94. The summed E-state index contributed by atoms with van der Waals surface area (Å²) in [5.41, 5.74) is 0.798.